The summed E-state index contributed by atoms with van der Waals surface area (Å²) in [6, 6.07) is 5.57. The Morgan fingerprint density at radius 1 is 1.48 bits per heavy atom. The number of anilines is 1. The first-order valence-corrected chi connectivity index (χ1v) is 9.94. The minimum absolute atomic E-state index is 0.000574. The number of hydrogen-bond donors (Lipinski definition) is 3. The maximum atomic E-state index is 15.2. The topological polar surface area (TPSA) is 134 Å². The molecule has 1 aliphatic carbocycles. The van der Waals surface area contributed by atoms with Gasteiger partial charge in [-0.2, -0.15) is 5.26 Å². The summed E-state index contributed by atoms with van der Waals surface area (Å²) in [5, 5.41) is 19.2. The van der Waals surface area contributed by atoms with Crippen LogP contribution in [-0.2, 0) is 10.3 Å². The Hall–Kier alpha value is -3.65. The van der Waals surface area contributed by atoms with Gasteiger partial charge in [0.15, 0.2) is 17.3 Å². The van der Waals surface area contributed by atoms with Crippen molar-refractivity contribution in [2.45, 2.75) is 37.8 Å². The minimum Gasteiger partial charge on any atom is -0.494 e. The molecule has 1 saturated heterocycles. The molecule has 2 fully saturated rings. The highest BCUT2D eigenvalue weighted by molar-refractivity contribution is 6.04. The number of pyridine rings is 1. The van der Waals surface area contributed by atoms with Crippen LogP contribution < -0.4 is 15.8 Å². The van der Waals surface area contributed by atoms with Crippen LogP contribution in [0.3, 0.4) is 0 Å². The van der Waals surface area contributed by atoms with E-state index in [2.05, 4.69) is 10.3 Å². The fourth-order valence-corrected chi connectivity index (χ4v) is 4.46. The SMILES string of the molecule is COc1cc(C#N)cnc1C(=O)Nc1cc(C)c(F)c(C(N)(C(F)F)C23CC(=N)OC2C3)c1. The number of alkyl halides is 2. The van der Waals surface area contributed by atoms with Crippen LogP contribution >= 0.6 is 0 Å². The number of hydrogen-bond acceptors (Lipinski definition) is 7. The van der Waals surface area contributed by atoms with E-state index in [0.29, 0.717) is 0 Å². The van der Waals surface area contributed by atoms with Crippen molar-refractivity contribution in [2.75, 3.05) is 12.4 Å². The summed E-state index contributed by atoms with van der Waals surface area (Å²) in [7, 11) is 1.30. The number of nitriles is 1. The van der Waals surface area contributed by atoms with E-state index in [4.69, 9.17) is 25.9 Å². The molecule has 1 amide bonds. The zero-order valence-corrected chi connectivity index (χ0v) is 17.7. The van der Waals surface area contributed by atoms with Gasteiger partial charge < -0.3 is 20.5 Å². The monoisotopic (exact) mass is 459 g/mol. The van der Waals surface area contributed by atoms with Crippen LogP contribution in [-0.4, -0.2) is 36.4 Å². The molecule has 1 aromatic heterocycles. The lowest BCUT2D eigenvalue weighted by Gasteiger charge is -2.36. The van der Waals surface area contributed by atoms with Gasteiger partial charge in [0.05, 0.1) is 12.7 Å². The highest BCUT2D eigenvalue weighted by Crippen LogP contribution is 2.66. The number of benzene rings is 1. The van der Waals surface area contributed by atoms with Gasteiger partial charge in [0.2, 0.25) is 0 Å². The largest absolute Gasteiger partial charge is 0.494 e. The van der Waals surface area contributed by atoms with E-state index in [1.807, 2.05) is 6.07 Å². The molecule has 1 saturated carbocycles. The average Bonchev–Trinajstić information content (AvgIpc) is 3.36. The second-order valence-electron chi connectivity index (χ2n) is 8.23. The molecule has 2 aromatic rings. The van der Waals surface area contributed by atoms with Gasteiger partial charge in [-0.15, -0.1) is 0 Å². The molecule has 1 aromatic carbocycles. The predicted octanol–water partition coefficient (Wildman–Crippen LogP) is 3.24. The van der Waals surface area contributed by atoms with E-state index in [1.165, 1.54) is 32.4 Å². The number of aryl methyl sites for hydroxylation is 1. The van der Waals surface area contributed by atoms with E-state index in [1.54, 1.807) is 0 Å². The number of nitrogens with one attached hydrogen (secondary N) is 2. The smallest absolute Gasteiger partial charge is 0.278 e. The highest BCUT2D eigenvalue weighted by Gasteiger charge is 2.75. The quantitative estimate of drug-likeness (QED) is 0.607. The van der Waals surface area contributed by atoms with Crippen molar-refractivity contribution in [3.05, 3.63) is 52.6 Å². The lowest BCUT2D eigenvalue weighted by atomic mass is 9.73. The number of rotatable bonds is 6. The number of aromatic nitrogens is 1. The third kappa shape index (κ3) is 3.38. The standard InChI is InChI=1S/C22H20F3N5O3/c1-10-3-12(30-19(31)18-14(32-2)4-11(8-26)9-29-18)5-13(17(10)23)22(28,20(24)25)21-6-15(21)33-16(27)7-21/h3-5,9,15,20,27H,6-7,28H2,1-2H3,(H,30,31). The van der Waals surface area contributed by atoms with Gasteiger partial charge in [-0.25, -0.2) is 18.2 Å². The fourth-order valence-electron chi connectivity index (χ4n) is 4.46. The first-order chi connectivity index (χ1) is 15.6. The maximum Gasteiger partial charge on any atom is 0.278 e. The van der Waals surface area contributed by atoms with Crippen LogP contribution in [0.2, 0.25) is 0 Å². The molecule has 33 heavy (non-hydrogen) atoms. The van der Waals surface area contributed by atoms with Gasteiger partial charge in [-0.05, 0) is 31.0 Å². The fraction of sp³-hybridized carbons (Fsp3) is 0.364. The van der Waals surface area contributed by atoms with Gasteiger partial charge in [0.1, 0.15) is 23.5 Å². The number of nitrogens with two attached hydrogens (primary N) is 1. The van der Waals surface area contributed by atoms with E-state index >= 15 is 4.39 Å². The van der Waals surface area contributed by atoms with Gasteiger partial charge in [-0.3, -0.25) is 10.2 Å². The van der Waals surface area contributed by atoms with Crippen LogP contribution in [0.25, 0.3) is 0 Å². The zero-order valence-electron chi connectivity index (χ0n) is 17.7. The van der Waals surface area contributed by atoms with Crippen molar-refractivity contribution >= 4 is 17.5 Å². The van der Waals surface area contributed by atoms with Crippen LogP contribution in [0, 0.1) is 34.9 Å². The van der Waals surface area contributed by atoms with Crippen LogP contribution in [0.5, 0.6) is 5.75 Å². The summed E-state index contributed by atoms with van der Waals surface area (Å²) in [5.41, 5.74) is 2.09. The van der Waals surface area contributed by atoms with Crippen LogP contribution in [0.4, 0.5) is 18.9 Å². The Kier molecular flexibility index (Phi) is 5.29. The lowest BCUT2D eigenvalue weighted by molar-refractivity contribution is -0.000135. The summed E-state index contributed by atoms with van der Waals surface area (Å²) in [4.78, 5) is 16.7. The second-order valence-corrected chi connectivity index (χ2v) is 8.23. The normalized spacial score (nSPS) is 22.7. The van der Waals surface area contributed by atoms with E-state index in [0.717, 1.165) is 6.07 Å². The summed E-state index contributed by atoms with van der Waals surface area (Å²) in [6.45, 7) is 1.37. The Balaban J connectivity index is 1.73. The van der Waals surface area contributed by atoms with E-state index in [9.17, 15) is 13.6 Å². The van der Waals surface area contributed by atoms with Gasteiger partial charge in [0.25, 0.3) is 12.3 Å². The minimum atomic E-state index is -3.16. The van der Waals surface area contributed by atoms with Crippen molar-refractivity contribution in [1.29, 1.82) is 10.7 Å². The van der Waals surface area contributed by atoms with Crippen LogP contribution in [0.1, 0.15) is 40.0 Å². The zero-order chi connectivity index (χ0) is 24.1. The molecular formula is C22H20F3N5O3. The molecule has 0 spiro atoms. The predicted molar refractivity (Wildman–Crippen MR) is 111 cm³/mol. The number of carbonyl (C=O) groups excluding carboxylic acids is 1. The van der Waals surface area contributed by atoms with Gasteiger partial charge >= 0.3 is 0 Å². The number of nitrogens with zero attached hydrogens (tertiary/aromatic N) is 2. The van der Waals surface area contributed by atoms with Crippen molar-refractivity contribution < 1.29 is 27.4 Å². The lowest BCUT2D eigenvalue weighted by Crippen LogP contribution is -2.53. The average molecular weight is 459 g/mol. The molecule has 4 N–H and O–H groups in total. The Morgan fingerprint density at radius 2 is 2.21 bits per heavy atom. The third-order valence-corrected chi connectivity index (χ3v) is 6.31. The van der Waals surface area contributed by atoms with Crippen molar-refractivity contribution in [3.8, 4) is 11.8 Å². The molecule has 4 rings (SSSR count). The molecule has 3 atom stereocenters. The molecule has 3 unspecified atom stereocenters. The van der Waals surface area contributed by atoms with E-state index in [-0.39, 0.29) is 47.0 Å². The molecule has 8 nitrogen and oxygen atoms in total. The van der Waals surface area contributed by atoms with E-state index < -0.39 is 40.8 Å². The van der Waals surface area contributed by atoms with Crippen molar-refractivity contribution in [3.63, 3.8) is 0 Å². The molecule has 0 bridgehead atoms. The number of carbonyl (C=O) groups is 1. The van der Waals surface area contributed by atoms with Gasteiger partial charge in [-0.1, -0.05) is 0 Å². The molecule has 2 heterocycles. The Labute approximate surface area is 187 Å². The highest BCUT2D eigenvalue weighted by atomic mass is 19.3. The second kappa shape index (κ2) is 7.74. The Morgan fingerprint density at radius 3 is 2.79 bits per heavy atom. The molecular weight excluding hydrogens is 439 g/mol. The molecule has 1 aliphatic heterocycles. The van der Waals surface area contributed by atoms with Crippen molar-refractivity contribution in [2.24, 2.45) is 11.1 Å². The maximum absolute atomic E-state index is 15.2. The van der Waals surface area contributed by atoms with Crippen molar-refractivity contribution in [1.82, 2.24) is 4.98 Å². The molecule has 11 heteroatoms. The summed E-state index contributed by atoms with van der Waals surface area (Å²) >= 11 is 0. The first-order valence-electron chi connectivity index (χ1n) is 9.94. The van der Waals surface area contributed by atoms with Gasteiger partial charge in [0, 0.05) is 35.3 Å². The number of ether oxygens (including phenoxy) is 2. The third-order valence-electron chi connectivity index (χ3n) is 6.31. The number of methoxy groups -OCH3 is 1. The first kappa shape index (κ1) is 22.5. The summed E-state index contributed by atoms with van der Waals surface area (Å²) < 4.78 is 54.3. The van der Waals surface area contributed by atoms with Crippen LogP contribution in [0.15, 0.2) is 24.4 Å². The molecule has 2 aliphatic rings. The number of halogens is 3. The number of amides is 1. The Bertz CT molecular complexity index is 1210. The molecule has 0 radical (unpaired) electrons. The molecule has 172 valence electrons. The number of fused-ring (bicyclic) bond motifs is 1. The summed E-state index contributed by atoms with van der Waals surface area (Å²) in [5.74, 6) is -1.79. The summed E-state index contributed by atoms with van der Waals surface area (Å²) in [6.07, 6.45) is -2.61.